The van der Waals surface area contributed by atoms with Crippen molar-refractivity contribution in [1.29, 1.82) is 0 Å². The van der Waals surface area contributed by atoms with Crippen LogP contribution in [-0.4, -0.2) is 45.5 Å². The summed E-state index contributed by atoms with van der Waals surface area (Å²) in [6.07, 6.45) is 8.69. The number of halogens is 1. The van der Waals surface area contributed by atoms with Crippen LogP contribution in [0.1, 0.15) is 57.9 Å². The van der Waals surface area contributed by atoms with E-state index in [0.717, 1.165) is 11.1 Å². The Morgan fingerprint density at radius 1 is 1.36 bits per heavy atom. The second kappa shape index (κ2) is 10.0. The van der Waals surface area contributed by atoms with Crippen LogP contribution in [-0.2, 0) is 4.79 Å². The fourth-order valence-electron chi connectivity index (χ4n) is 4.47. The summed E-state index contributed by atoms with van der Waals surface area (Å²) in [6, 6.07) is 5.94. The number of nitrogens with one attached hydrogen (secondary N) is 1. The summed E-state index contributed by atoms with van der Waals surface area (Å²) in [6.45, 7) is 8.22. The van der Waals surface area contributed by atoms with Crippen molar-refractivity contribution in [3.63, 3.8) is 0 Å². The van der Waals surface area contributed by atoms with E-state index in [1.54, 1.807) is 17.9 Å². The van der Waals surface area contributed by atoms with E-state index in [-0.39, 0.29) is 12.1 Å². The average molecular weight is 468 g/mol. The van der Waals surface area contributed by atoms with E-state index in [1.165, 1.54) is 25.7 Å². The predicted octanol–water partition coefficient (Wildman–Crippen LogP) is 5.17. The highest BCUT2D eigenvalue weighted by atomic mass is 35.5. The number of rotatable bonds is 6. The summed E-state index contributed by atoms with van der Waals surface area (Å²) < 4.78 is 5.06. The molecule has 1 atom stereocenters. The zero-order chi connectivity index (χ0) is 23.5. The van der Waals surface area contributed by atoms with Crippen LogP contribution < -0.4 is 5.32 Å². The van der Waals surface area contributed by atoms with Crippen LogP contribution in [0.4, 0.5) is 0 Å². The molecule has 0 bridgehead atoms. The topological polar surface area (TPSA) is 83.6 Å². The summed E-state index contributed by atoms with van der Waals surface area (Å²) in [5, 5.41) is 7.99. The molecule has 1 aliphatic heterocycles. The Kier molecular flexibility index (Phi) is 7.10. The van der Waals surface area contributed by atoms with Crippen LogP contribution in [0.5, 0.6) is 0 Å². The van der Waals surface area contributed by atoms with E-state index in [1.807, 2.05) is 45.1 Å². The Morgan fingerprint density at radius 3 is 2.73 bits per heavy atom. The number of amides is 1. The Balaban J connectivity index is 1.66. The maximum Gasteiger partial charge on any atom is 0.260 e. The van der Waals surface area contributed by atoms with E-state index >= 15 is 0 Å². The Bertz CT molecular complexity index is 1130. The maximum absolute atomic E-state index is 13.5. The zero-order valence-electron chi connectivity index (χ0n) is 19.6. The van der Waals surface area contributed by atoms with Gasteiger partial charge < -0.3 is 4.52 Å². The van der Waals surface area contributed by atoms with Crippen molar-refractivity contribution < 1.29 is 9.32 Å². The number of likely N-dealkylation sites (N-methyl/N-ethyl adjacent to an activating group) is 1. The summed E-state index contributed by atoms with van der Waals surface area (Å²) in [7, 11) is 0. The van der Waals surface area contributed by atoms with Crippen molar-refractivity contribution in [2.45, 2.75) is 65.6 Å². The first-order valence-electron chi connectivity index (χ1n) is 11.6. The summed E-state index contributed by atoms with van der Waals surface area (Å²) in [4.78, 5) is 24.4. The molecule has 8 heteroatoms. The van der Waals surface area contributed by atoms with Gasteiger partial charge in [0, 0.05) is 46.8 Å². The summed E-state index contributed by atoms with van der Waals surface area (Å²) in [5.74, 6) is 1.53. The molecule has 1 saturated carbocycles. The highest BCUT2D eigenvalue weighted by molar-refractivity contribution is 6.37. The number of amidine groups is 1. The lowest BCUT2D eigenvalue weighted by atomic mass is 9.95. The molecule has 1 fully saturated rings. The third kappa shape index (κ3) is 4.94. The first-order valence-corrected chi connectivity index (χ1v) is 11.9. The Hall–Kier alpha value is -2.77. The van der Waals surface area contributed by atoms with Crippen LogP contribution in [0.3, 0.4) is 0 Å². The van der Waals surface area contributed by atoms with Crippen LogP contribution in [0.2, 0.25) is 5.02 Å². The van der Waals surface area contributed by atoms with E-state index < -0.39 is 0 Å². The number of nitrogens with zero attached hydrogens (tertiary/aromatic N) is 4. The van der Waals surface area contributed by atoms with Gasteiger partial charge >= 0.3 is 0 Å². The lowest BCUT2D eigenvalue weighted by Gasteiger charge is -2.31. The molecule has 2 heterocycles. The van der Waals surface area contributed by atoms with E-state index in [4.69, 9.17) is 21.1 Å². The van der Waals surface area contributed by atoms with Crippen molar-refractivity contribution >= 4 is 28.9 Å². The summed E-state index contributed by atoms with van der Waals surface area (Å²) in [5.41, 5.74) is 2.85. The van der Waals surface area contributed by atoms with E-state index in [2.05, 4.69) is 15.5 Å². The van der Waals surface area contributed by atoms with Gasteiger partial charge in [0.2, 0.25) is 11.7 Å². The highest BCUT2D eigenvalue weighted by Gasteiger charge is 2.31. The van der Waals surface area contributed by atoms with Gasteiger partial charge in [0.05, 0.1) is 6.17 Å². The molecule has 0 radical (unpaired) electrons. The molecule has 0 saturated heterocycles. The number of allylic oxidation sites excluding steroid dienone is 1. The number of carbonyl (C=O) groups is 1. The van der Waals surface area contributed by atoms with E-state index in [0.29, 0.717) is 46.3 Å². The third-order valence-corrected chi connectivity index (χ3v) is 6.42. The van der Waals surface area contributed by atoms with Gasteiger partial charge in [-0.3, -0.25) is 15.0 Å². The Labute approximate surface area is 199 Å². The number of benzene rings is 1. The molecule has 174 valence electrons. The van der Waals surface area contributed by atoms with Gasteiger partial charge in [0.1, 0.15) is 5.84 Å². The molecule has 1 aliphatic carbocycles. The molecular weight excluding hydrogens is 438 g/mol. The van der Waals surface area contributed by atoms with Gasteiger partial charge in [-0.25, -0.2) is 4.99 Å². The van der Waals surface area contributed by atoms with Crippen molar-refractivity contribution in [3.05, 3.63) is 52.4 Å². The number of aliphatic imine (C=N–C) groups is 1. The smallest absolute Gasteiger partial charge is 0.260 e. The maximum atomic E-state index is 13.5. The number of hydrogen-bond acceptors (Lipinski definition) is 6. The molecule has 1 aromatic carbocycles. The molecule has 1 amide bonds. The largest absolute Gasteiger partial charge is 0.339 e. The molecular formula is C25H30ClN5O2. The molecule has 1 aromatic heterocycles. The van der Waals surface area contributed by atoms with Crippen LogP contribution >= 0.6 is 11.6 Å². The highest BCUT2D eigenvalue weighted by Crippen LogP contribution is 2.33. The van der Waals surface area contributed by atoms with Gasteiger partial charge in [0.15, 0.2) is 0 Å². The molecule has 1 unspecified atom stereocenters. The van der Waals surface area contributed by atoms with Gasteiger partial charge in [-0.2, -0.15) is 4.98 Å². The summed E-state index contributed by atoms with van der Waals surface area (Å²) >= 11 is 6.62. The molecule has 4 rings (SSSR count). The molecule has 33 heavy (non-hydrogen) atoms. The van der Waals surface area contributed by atoms with Crippen LogP contribution in [0.15, 0.2) is 45.4 Å². The standard InChI is InChI=1S/C25H30ClN5O2/c1-5-17-13-21(20-12-11-18(14-22(20)26)23-29-16(4)33-30-23)25(32)31(6-2)24(17)28-15(3)27-19-9-7-8-10-19/h5,11-15,19,27H,6-10H2,1-4H3/b17-5-,28-24+. The normalized spacial score (nSPS) is 20.7. The first-order chi connectivity index (χ1) is 15.9. The minimum atomic E-state index is -0.111. The monoisotopic (exact) mass is 467 g/mol. The second-order valence-electron chi connectivity index (χ2n) is 8.46. The molecule has 7 nitrogen and oxygen atoms in total. The van der Waals surface area contributed by atoms with Crippen molar-refractivity contribution in [2.24, 2.45) is 4.99 Å². The first kappa shape index (κ1) is 23.4. The molecule has 1 N–H and O–H groups in total. The third-order valence-electron chi connectivity index (χ3n) is 6.11. The molecule has 2 aromatic rings. The fourth-order valence-corrected chi connectivity index (χ4v) is 4.75. The Morgan fingerprint density at radius 2 is 2.12 bits per heavy atom. The lowest BCUT2D eigenvalue weighted by Crippen LogP contribution is -2.43. The lowest BCUT2D eigenvalue weighted by molar-refractivity contribution is -0.121. The average Bonchev–Trinajstić information content (AvgIpc) is 3.46. The number of aryl methyl sites for hydroxylation is 1. The minimum Gasteiger partial charge on any atom is -0.339 e. The quantitative estimate of drug-likeness (QED) is 0.633. The zero-order valence-corrected chi connectivity index (χ0v) is 20.3. The number of carbonyl (C=O) groups excluding carboxylic acids is 1. The van der Waals surface area contributed by atoms with Gasteiger partial charge in [0.25, 0.3) is 5.91 Å². The minimum absolute atomic E-state index is 0.0730. The predicted molar refractivity (Wildman–Crippen MR) is 131 cm³/mol. The number of hydrogen-bond donors (Lipinski definition) is 1. The number of aromatic nitrogens is 2. The van der Waals surface area contributed by atoms with Crippen molar-refractivity contribution in [1.82, 2.24) is 20.4 Å². The fraction of sp³-hybridized carbons (Fsp3) is 0.440. The van der Waals surface area contributed by atoms with Gasteiger partial charge in [-0.15, -0.1) is 0 Å². The van der Waals surface area contributed by atoms with E-state index in [9.17, 15) is 4.79 Å². The van der Waals surface area contributed by atoms with Crippen molar-refractivity contribution in [2.75, 3.05) is 6.54 Å². The SMILES string of the molecule is C/C=C1/C=C(c2ccc(-c3noc(C)n3)cc2Cl)C(=O)N(CC)/C1=N/C(C)NC1CCCC1. The van der Waals surface area contributed by atoms with Gasteiger partial charge in [-0.1, -0.05) is 47.8 Å². The molecule has 2 aliphatic rings. The second-order valence-corrected chi connectivity index (χ2v) is 8.87. The van der Waals surface area contributed by atoms with Gasteiger partial charge in [-0.05, 0) is 45.8 Å². The van der Waals surface area contributed by atoms with Crippen LogP contribution in [0.25, 0.3) is 17.0 Å². The van der Waals surface area contributed by atoms with Crippen LogP contribution in [0, 0.1) is 6.92 Å². The molecule has 0 spiro atoms. The van der Waals surface area contributed by atoms with Crippen molar-refractivity contribution in [3.8, 4) is 11.4 Å².